The van der Waals surface area contributed by atoms with Crippen LogP contribution in [0.15, 0.2) is 47.1 Å². The van der Waals surface area contributed by atoms with Gasteiger partial charge in [0.05, 0.1) is 11.7 Å². The average molecular weight is 640 g/mol. The fourth-order valence-electron chi connectivity index (χ4n) is 5.86. The summed E-state index contributed by atoms with van der Waals surface area (Å²) in [4.78, 5) is 36.1. The number of hydrogen-bond acceptors (Lipinski definition) is 5. The molecule has 1 unspecified atom stereocenters. The Hall–Kier alpha value is -2.66. The van der Waals surface area contributed by atoms with Crippen LogP contribution in [0.5, 0.6) is 5.75 Å². The summed E-state index contributed by atoms with van der Waals surface area (Å²) in [6.45, 7) is 11.1. The van der Waals surface area contributed by atoms with Gasteiger partial charge in [-0.15, -0.1) is 13.2 Å². The highest BCUT2D eigenvalue weighted by atomic mass is 79.9. The summed E-state index contributed by atoms with van der Waals surface area (Å²) in [5.74, 6) is 0.198. The van der Waals surface area contributed by atoms with Crippen molar-refractivity contribution >= 4 is 27.7 Å². The summed E-state index contributed by atoms with van der Waals surface area (Å²) >= 11 is 3.43. The van der Waals surface area contributed by atoms with Gasteiger partial charge in [0.25, 0.3) is 0 Å². The lowest BCUT2D eigenvalue weighted by Crippen LogP contribution is -2.60. The van der Waals surface area contributed by atoms with Crippen LogP contribution in [-0.2, 0) is 9.59 Å². The summed E-state index contributed by atoms with van der Waals surface area (Å²) in [6.07, 6.45) is -0.923. The second-order valence-corrected chi connectivity index (χ2v) is 13.0. The van der Waals surface area contributed by atoms with Crippen molar-refractivity contribution in [2.75, 3.05) is 32.7 Å². The number of benzene rings is 1. The number of pyridine rings is 1. The number of piperazine rings is 1. The van der Waals surface area contributed by atoms with E-state index in [-0.39, 0.29) is 41.0 Å². The molecule has 0 spiro atoms. The number of carbonyl (C=O) groups excluding carboxylic acids is 2. The standard InChI is InChI=1S/C30H38BrF3N4O3/c1-20(39)36-13-11-21(12-14-36)17-27(40)38-16-15-37(19-26(38)29(2,3)4)28(25-10-7-23(31)18-35-25)22-5-8-24(9-6-22)41-30(32,33)34/h5-10,18,21,26,28H,11-17,19H2,1-4H3/t26-,28?/m1/s1. The first-order chi connectivity index (χ1) is 19.2. The molecule has 0 saturated carbocycles. The molecule has 0 bridgehead atoms. The Morgan fingerprint density at radius 3 is 2.22 bits per heavy atom. The van der Waals surface area contributed by atoms with E-state index in [4.69, 9.17) is 0 Å². The van der Waals surface area contributed by atoms with E-state index in [1.54, 1.807) is 25.3 Å². The van der Waals surface area contributed by atoms with Crippen LogP contribution in [0.3, 0.4) is 0 Å². The van der Waals surface area contributed by atoms with E-state index in [0.29, 0.717) is 39.1 Å². The first-order valence-electron chi connectivity index (χ1n) is 14.0. The molecule has 1 aromatic heterocycles. The number of piperidine rings is 1. The topological polar surface area (TPSA) is 66.0 Å². The van der Waals surface area contributed by atoms with Crippen molar-refractivity contribution in [3.63, 3.8) is 0 Å². The van der Waals surface area contributed by atoms with Crippen molar-refractivity contribution in [3.8, 4) is 5.75 Å². The highest BCUT2D eigenvalue weighted by Crippen LogP contribution is 2.36. The lowest BCUT2D eigenvalue weighted by atomic mass is 9.82. The van der Waals surface area contributed by atoms with Crippen LogP contribution in [0, 0.1) is 11.3 Å². The molecule has 11 heteroatoms. The van der Waals surface area contributed by atoms with Gasteiger partial charge in [0.15, 0.2) is 0 Å². The van der Waals surface area contributed by atoms with E-state index in [2.05, 4.69) is 51.3 Å². The predicted octanol–water partition coefficient (Wildman–Crippen LogP) is 6.04. The maximum atomic E-state index is 13.6. The number of nitrogens with zero attached hydrogens (tertiary/aromatic N) is 4. The van der Waals surface area contributed by atoms with Crippen molar-refractivity contribution in [2.45, 2.75) is 65.4 Å². The molecule has 0 radical (unpaired) electrons. The van der Waals surface area contributed by atoms with Crippen molar-refractivity contribution in [1.29, 1.82) is 0 Å². The number of halogens is 4. The van der Waals surface area contributed by atoms with E-state index in [1.165, 1.54) is 12.1 Å². The SMILES string of the molecule is CC(=O)N1CCC(CC(=O)N2CCN(C(c3ccc(OC(F)(F)F)cc3)c3ccc(Br)cn3)C[C@@H]2C(C)(C)C)CC1. The summed E-state index contributed by atoms with van der Waals surface area (Å²) in [7, 11) is 0. The number of alkyl halides is 3. The van der Waals surface area contributed by atoms with Crippen LogP contribution >= 0.6 is 15.9 Å². The Kier molecular flexibility index (Phi) is 9.68. The van der Waals surface area contributed by atoms with Crippen LogP contribution in [0.25, 0.3) is 0 Å². The van der Waals surface area contributed by atoms with Crippen LogP contribution in [0.4, 0.5) is 13.2 Å². The molecule has 7 nitrogen and oxygen atoms in total. The predicted molar refractivity (Wildman–Crippen MR) is 153 cm³/mol. The molecule has 2 amide bonds. The van der Waals surface area contributed by atoms with Gasteiger partial charge in [-0.1, -0.05) is 32.9 Å². The maximum Gasteiger partial charge on any atom is 0.573 e. The van der Waals surface area contributed by atoms with Gasteiger partial charge in [-0.3, -0.25) is 19.5 Å². The largest absolute Gasteiger partial charge is 0.573 e. The summed E-state index contributed by atoms with van der Waals surface area (Å²) < 4.78 is 43.2. The fourth-order valence-corrected chi connectivity index (χ4v) is 6.10. The van der Waals surface area contributed by atoms with Crippen molar-refractivity contribution in [3.05, 3.63) is 58.3 Å². The zero-order chi connectivity index (χ0) is 29.9. The van der Waals surface area contributed by atoms with E-state index >= 15 is 0 Å². The molecule has 41 heavy (non-hydrogen) atoms. The highest BCUT2D eigenvalue weighted by Gasteiger charge is 2.41. The van der Waals surface area contributed by atoms with Gasteiger partial charge in [0, 0.05) is 62.8 Å². The minimum atomic E-state index is -4.76. The Morgan fingerprint density at radius 2 is 1.68 bits per heavy atom. The average Bonchev–Trinajstić information content (AvgIpc) is 2.90. The third kappa shape index (κ3) is 8.22. The Morgan fingerprint density at radius 1 is 1.02 bits per heavy atom. The van der Waals surface area contributed by atoms with E-state index in [0.717, 1.165) is 28.6 Å². The number of carbonyl (C=O) groups is 2. The molecule has 0 aliphatic carbocycles. The fraction of sp³-hybridized carbons (Fsp3) is 0.567. The minimum absolute atomic E-state index is 0.0770. The molecule has 2 saturated heterocycles. The van der Waals surface area contributed by atoms with Crippen LogP contribution in [-0.4, -0.2) is 76.6 Å². The molecule has 2 aromatic rings. The molecular formula is C30H38BrF3N4O3. The Labute approximate surface area is 248 Å². The van der Waals surface area contributed by atoms with Crippen LogP contribution in [0.2, 0.25) is 0 Å². The number of hydrogen-bond donors (Lipinski definition) is 0. The zero-order valence-corrected chi connectivity index (χ0v) is 25.5. The third-order valence-electron chi connectivity index (χ3n) is 8.08. The first kappa shape index (κ1) is 31.3. The maximum absolute atomic E-state index is 13.6. The number of amides is 2. The minimum Gasteiger partial charge on any atom is -0.406 e. The molecule has 4 rings (SSSR count). The van der Waals surface area contributed by atoms with Gasteiger partial charge in [0.2, 0.25) is 11.8 Å². The second-order valence-electron chi connectivity index (χ2n) is 12.0. The molecule has 224 valence electrons. The first-order valence-corrected chi connectivity index (χ1v) is 14.8. The third-order valence-corrected chi connectivity index (χ3v) is 8.55. The van der Waals surface area contributed by atoms with Crippen LogP contribution < -0.4 is 4.74 Å². The van der Waals surface area contributed by atoms with Crippen molar-refractivity contribution in [1.82, 2.24) is 19.7 Å². The lowest BCUT2D eigenvalue weighted by molar-refractivity contribution is -0.274. The smallest absolute Gasteiger partial charge is 0.406 e. The molecule has 0 N–H and O–H groups in total. The molecule has 1 aromatic carbocycles. The van der Waals surface area contributed by atoms with Crippen LogP contribution in [0.1, 0.15) is 64.3 Å². The number of aromatic nitrogens is 1. The monoisotopic (exact) mass is 638 g/mol. The molecule has 2 fully saturated rings. The second kappa shape index (κ2) is 12.7. The Balaban J connectivity index is 1.55. The van der Waals surface area contributed by atoms with E-state index < -0.39 is 6.36 Å². The summed E-state index contributed by atoms with van der Waals surface area (Å²) in [6, 6.07) is 9.35. The van der Waals surface area contributed by atoms with E-state index in [1.807, 2.05) is 21.9 Å². The molecular weight excluding hydrogens is 601 g/mol. The highest BCUT2D eigenvalue weighted by molar-refractivity contribution is 9.10. The molecule has 2 atom stereocenters. The summed E-state index contributed by atoms with van der Waals surface area (Å²) in [5.41, 5.74) is 1.34. The molecule has 3 heterocycles. The van der Waals surface area contributed by atoms with E-state index in [9.17, 15) is 22.8 Å². The summed E-state index contributed by atoms with van der Waals surface area (Å²) in [5, 5.41) is 0. The van der Waals surface area contributed by atoms with Gasteiger partial charge in [-0.25, -0.2) is 0 Å². The zero-order valence-electron chi connectivity index (χ0n) is 24.0. The molecule has 2 aliphatic rings. The van der Waals surface area contributed by atoms with Gasteiger partial charge >= 0.3 is 6.36 Å². The number of likely N-dealkylation sites (tertiary alicyclic amines) is 1. The van der Waals surface area contributed by atoms with Crippen molar-refractivity contribution in [2.24, 2.45) is 11.3 Å². The quantitative estimate of drug-likeness (QED) is 0.386. The van der Waals surface area contributed by atoms with Gasteiger partial charge in [-0.2, -0.15) is 0 Å². The van der Waals surface area contributed by atoms with Gasteiger partial charge in [0.1, 0.15) is 5.75 Å². The molecule has 2 aliphatic heterocycles. The lowest BCUT2D eigenvalue weighted by Gasteiger charge is -2.49. The van der Waals surface area contributed by atoms with Crippen molar-refractivity contribution < 1.29 is 27.5 Å². The Bertz CT molecular complexity index is 1190. The normalized spacial score (nSPS) is 20.1. The van der Waals surface area contributed by atoms with Gasteiger partial charge in [-0.05, 0) is 69.9 Å². The van der Waals surface area contributed by atoms with Gasteiger partial charge < -0.3 is 14.5 Å². The number of ether oxygens (including phenoxy) is 1. The number of rotatable bonds is 6.